The molecular weight excluding hydrogens is 358 g/mol. The first-order chi connectivity index (χ1) is 12.4. The molecule has 0 aliphatic rings. The molecule has 2 rings (SSSR count). The lowest BCUT2D eigenvalue weighted by Crippen LogP contribution is -2.30. The van der Waals surface area contributed by atoms with Crippen LogP contribution in [0.4, 0.5) is 5.69 Å². The number of hydrogen-bond acceptors (Lipinski definition) is 5. The van der Waals surface area contributed by atoms with Gasteiger partial charge in [0.05, 0.1) is 19.3 Å². The smallest absolute Gasteiger partial charge is 0.339 e. The van der Waals surface area contributed by atoms with Crippen molar-refractivity contribution in [1.29, 1.82) is 0 Å². The van der Waals surface area contributed by atoms with Crippen LogP contribution in [0, 0.1) is 0 Å². The molecule has 0 radical (unpaired) electrons. The van der Waals surface area contributed by atoms with Crippen LogP contribution in [-0.2, 0) is 9.53 Å². The van der Waals surface area contributed by atoms with Crippen molar-refractivity contribution < 1.29 is 23.8 Å². The maximum Gasteiger partial charge on any atom is 0.339 e. The number of carbonyl (C=O) groups is 2. The highest BCUT2D eigenvalue weighted by atomic mass is 35.5. The summed E-state index contributed by atoms with van der Waals surface area (Å²) in [5, 5.41) is 3.22. The van der Waals surface area contributed by atoms with E-state index in [1.807, 2.05) is 6.92 Å². The van der Waals surface area contributed by atoms with Gasteiger partial charge >= 0.3 is 5.97 Å². The van der Waals surface area contributed by atoms with Gasteiger partial charge in [0.25, 0.3) is 5.91 Å². The van der Waals surface area contributed by atoms with Crippen molar-refractivity contribution in [2.24, 2.45) is 0 Å². The molecule has 1 atom stereocenters. The monoisotopic (exact) mass is 377 g/mol. The van der Waals surface area contributed by atoms with Crippen molar-refractivity contribution in [3.05, 3.63) is 53.1 Å². The summed E-state index contributed by atoms with van der Waals surface area (Å²) in [7, 11) is 1.51. The average molecular weight is 378 g/mol. The van der Waals surface area contributed by atoms with Gasteiger partial charge in [-0.25, -0.2) is 4.79 Å². The van der Waals surface area contributed by atoms with E-state index in [-0.39, 0.29) is 5.56 Å². The van der Waals surface area contributed by atoms with Crippen LogP contribution in [0.25, 0.3) is 0 Å². The first-order valence-electron chi connectivity index (χ1n) is 8.02. The molecule has 2 aromatic carbocycles. The van der Waals surface area contributed by atoms with Gasteiger partial charge in [-0.05, 0) is 56.3 Å². The quantitative estimate of drug-likeness (QED) is 0.740. The lowest BCUT2D eigenvalue weighted by atomic mass is 10.2. The van der Waals surface area contributed by atoms with Gasteiger partial charge in [0.2, 0.25) is 0 Å². The summed E-state index contributed by atoms with van der Waals surface area (Å²) in [4.78, 5) is 24.5. The van der Waals surface area contributed by atoms with E-state index in [1.54, 1.807) is 36.4 Å². The summed E-state index contributed by atoms with van der Waals surface area (Å²) in [5.74, 6) is -0.133. The highest BCUT2D eigenvalue weighted by Gasteiger charge is 2.20. The first kappa shape index (κ1) is 19.6. The van der Waals surface area contributed by atoms with Crippen molar-refractivity contribution in [2.75, 3.05) is 19.0 Å². The number of anilines is 1. The van der Waals surface area contributed by atoms with Crippen LogP contribution in [0.1, 0.15) is 24.2 Å². The third kappa shape index (κ3) is 5.13. The summed E-state index contributed by atoms with van der Waals surface area (Å²) < 4.78 is 15.8. The van der Waals surface area contributed by atoms with Crippen LogP contribution in [0.3, 0.4) is 0 Å². The maximum atomic E-state index is 12.3. The summed E-state index contributed by atoms with van der Waals surface area (Å²) >= 11 is 5.80. The van der Waals surface area contributed by atoms with E-state index in [0.717, 1.165) is 0 Å². The molecule has 0 saturated carbocycles. The Bertz CT molecular complexity index is 776. The number of rotatable bonds is 7. The molecule has 7 heteroatoms. The minimum absolute atomic E-state index is 0.264. The van der Waals surface area contributed by atoms with Crippen LogP contribution in [0.2, 0.25) is 5.02 Å². The zero-order valence-electron chi connectivity index (χ0n) is 14.7. The number of nitrogens with one attached hydrogen (secondary N) is 1. The molecule has 138 valence electrons. The Kier molecular flexibility index (Phi) is 6.86. The number of hydrogen-bond donors (Lipinski definition) is 1. The third-order valence-corrected chi connectivity index (χ3v) is 3.72. The number of halogens is 1. The number of esters is 1. The van der Waals surface area contributed by atoms with Gasteiger partial charge in [-0.2, -0.15) is 0 Å². The SMILES string of the molecule is CCOc1cc(C(=O)O[C@H](C)C(=O)Nc2ccc(Cl)cc2)ccc1OC. The van der Waals surface area contributed by atoms with Crippen molar-refractivity contribution in [1.82, 2.24) is 0 Å². The lowest BCUT2D eigenvalue weighted by Gasteiger charge is -2.15. The van der Waals surface area contributed by atoms with Crippen molar-refractivity contribution in [3.8, 4) is 11.5 Å². The largest absolute Gasteiger partial charge is 0.493 e. The predicted octanol–water partition coefficient (Wildman–Crippen LogP) is 3.93. The number of benzene rings is 2. The fourth-order valence-electron chi connectivity index (χ4n) is 2.13. The van der Waals surface area contributed by atoms with E-state index in [4.69, 9.17) is 25.8 Å². The molecule has 0 bridgehead atoms. The highest BCUT2D eigenvalue weighted by molar-refractivity contribution is 6.30. The Morgan fingerprint density at radius 3 is 2.42 bits per heavy atom. The van der Waals surface area contributed by atoms with E-state index in [2.05, 4.69) is 5.32 Å². The van der Waals surface area contributed by atoms with Gasteiger partial charge in [-0.3, -0.25) is 4.79 Å². The van der Waals surface area contributed by atoms with Gasteiger partial charge in [0.1, 0.15) is 0 Å². The Hall–Kier alpha value is -2.73. The van der Waals surface area contributed by atoms with Gasteiger partial charge in [0.15, 0.2) is 17.6 Å². The maximum absolute atomic E-state index is 12.3. The molecule has 0 heterocycles. The Labute approximate surface area is 157 Å². The molecule has 0 unspecified atom stereocenters. The second-order valence-electron chi connectivity index (χ2n) is 5.34. The van der Waals surface area contributed by atoms with Crippen LogP contribution < -0.4 is 14.8 Å². The van der Waals surface area contributed by atoms with Crippen molar-refractivity contribution >= 4 is 29.2 Å². The second kappa shape index (κ2) is 9.10. The molecule has 0 aromatic heterocycles. The van der Waals surface area contributed by atoms with Gasteiger partial charge in [0, 0.05) is 10.7 Å². The van der Waals surface area contributed by atoms with Crippen LogP contribution >= 0.6 is 11.6 Å². The summed E-state index contributed by atoms with van der Waals surface area (Å²) in [6.45, 7) is 3.75. The molecule has 6 nitrogen and oxygen atoms in total. The fraction of sp³-hybridized carbons (Fsp3) is 0.263. The minimum atomic E-state index is -0.976. The Morgan fingerprint density at radius 2 is 1.81 bits per heavy atom. The van der Waals surface area contributed by atoms with Gasteiger partial charge in [-0.15, -0.1) is 0 Å². The van der Waals surface area contributed by atoms with E-state index in [0.29, 0.717) is 28.8 Å². The molecule has 0 saturated heterocycles. The Morgan fingerprint density at radius 1 is 1.12 bits per heavy atom. The van der Waals surface area contributed by atoms with Crippen LogP contribution in [-0.4, -0.2) is 31.7 Å². The second-order valence-corrected chi connectivity index (χ2v) is 5.78. The third-order valence-electron chi connectivity index (χ3n) is 3.46. The molecule has 0 fully saturated rings. The number of ether oxygens (including phenoxy) is 3. The molecule has 1 amide bonds. The minimum Gasteiger partial charge on any atom is -0.493 e. The van der Waals surface area contributed by atoms with Crippen molar-refractivity contribution in [3.63, 3.8) is 0 Å². The lowest BCUT2D eigenvalue weighted by molar-refractivity contribution is -0.123. The number of methoxy groups -OCH3 is 1. The van der Waals surface area contributed by atoms with Gasteiger partial charge < -0.3 is 19.5 Å². The predicted molar refractivity (Wildman–Crippen MR) is 99.1 cm³/mol. The standard InChI is InChI=1S/C19H20ClNO5/c1-4-25-17-11-13(5-10-16(17)24-3)19(23)26-12(2)18(22)21-15-8-6-14(20)7-9-15/h5-12H,4H2,1-3H3,(H,21,22)/t12-/m1/s1. The van der Waals surface area contributed by atoms with Gasteiger partial charge in [-0.1, -0.05) is 11.6 Å². The van der Waals surface area contributed by atoms with Crippen LogP contribution in [0.15, 0.2) is 42.5 Å². The summed E-state index contributed by atoms with van der Waals surface area (Å²) in [5.41, 5.74) is 0.825. The molecule has 0 aliphatic carbocycles. The fourth-order valence-corrected chi connectivity index (χ4v) is 2.26. The van der Waals surface area contributed by atoms with E-state index in [1.165, 1.54) is 20.1 Å². The summed E-state index contributed by atoms with van der Waals surface area (Å²) in [6, 6.07) is 11.3. The zero-order chi connectivity index (χ0) is 19.1. The van der Waals surface area contributed by atoms with Crippen LogP contribution in [0.5, 0.6) is 11.5 Å². The molecule has 2 aromatic rings. The molecule has 0 aliphatic heterocycles. The molecule has 0 spiro atoms. The first-order valence-corrected chi connectivity index (χ1v) is 8.40. The highest BCUT2D eigenvalue weighted by Crippen LogP contribution is 2.28. The van der Waals surface area contributed by atoms with E-state index in [9.17, 15) is 9.59 Å². The molecular formula is C19H20ClNO5. The topological polar surface area (TPSA) is 73.9 Å². The summed E-state index contributed by atoms with van der Waals surface area (Å²) in [6.07, 6.45) is -0.976. The number of amides is 1. The van der Waals surface area contributed by atoms with Crippen molar-refractivity contribution in [2.45, 2.75) is 20.0 Å². The average Bonchev–Trinajstić information content (AvgIpc) is 2.63. The number of carbonyl (C=O) groups excluding carboxylic acids is 2. The normalized spacial score (nSPS) is 11.4. The molecule has 1 N–H and O–H groups in total. The Balaban J connectivity index is 2.02. The molecule has 26 heavy (non-hydrogen) atoms. The zero-order valence-corrected chi connectivity index (χ0v) is 15.5. The van der Waals surface area contributed by atoms with E-state index < -0.39 is 18.0 Å². The van der Waals surface area contributed by atoms with E-state index >= 15 is 0 Å².